The Labute approximate surface area is 151 Å². The molecular weight excluding hydrogens is 292 g/mol. The number of hydrogen-bond acceptors (Lipinski definition) is 2. The maximum atomic E-state index is 4.43. The van der Waals surface area contributed by atoms with Crippen molar-refractivity contribution in [3.63, 3.8) is 0 Å². The molecule has 0 saturated carbocycles. The first-order valence-electron chi connectivity index (χ1n) is 9.90. The molecule has 2 nitrogen and oxygen atoms in total. The van der Waals surface area contributed by atoms with Gasteiger partial charge in [0.1, 0.15) is 0 Å². The molecule has 0 fully saturated rings. The van der Waals surface area contributed by atoms with Crippen molar-refractivity contribution < 1.29 is 0 Å². The lowest BCUT2D eigenvalue weighted by atomic mass is 9.81. The molecule has 2 heteroatoms. The Morgan fingerprint density at radius 2 is 1.46 bits per heavy atom. The summed E-state index contributed by atoms with van der Waals surface area (Å²) in [5.41, 5.74) is 4.07. The molecular formula is C22H40N2. The Kier molecular flexibility index (Phi) is 14.4. The lowest BCUT2D eigenvalue weighted by molar-refractivity contribution is 0.470. The van der Waals surface area contributed by atoms with Gasteiger partial charge in [-0.15, -0.1) is 0 Å². The van der Waals surface area contributed by atoms with E-state index in [1.54, 1.807) is 0 Å². The number of rotatable bonds is 0. The largest absolute Gasteiger partial charge is 0.262 e. The van der Waals surface area contributed by atoms with Crippen LogP contribution in [-0.4, -0.2) is 9.97 Å². The highest BCUT2D eigenvalue weighted by molar-refractivity contribution is 5.85. The summed E-state index contributed by atoms with van der Waals surface area (Å²) in [6.07, 6.45) is 9.45. The third-order valence-corrected chi connectivity index (χ3v) is 3.71. The number of aromatic nitrogens is 2. The van der Waals surface area contributed by atoms with E-state index in [1.165, 1.54) is 35.8 Å². The third-order valence-electron chi connectivity index (χ3n) is 3.71. The second-order valence-electron chi connectivity index (χ2n) is 5.29. The zero-order valence-electron chi connectivity index (χ0n) is 17.8. The minimum absolute atomic E-state index is 0.223. The van der Waals surface area contributed by atoms with Crippen LogP contribution in [0, 0.1) is 0 Å². The van der Waals surface area contributed by atoms with Crippen LogP contribution in [0.15, 0.2) is 24.7 Å². The van der Waals surface area contributed by atoms with Gasteiger partial charge in [-0.05, 0) is 41.9 Å². The predicted octanol–water partition coefficient (Wildman–Crippen LogP) is 7.35. The summed E-state index contributed by atoms with van der Waals surface area (Å²) in [6, 6.07) is 2.16. The van der Waals surface area contributed by atoms with E-state index in [2.05, 4.69) is 29.9 Å². The topological polar surface area (TPSA) is 25.8 Å². The average molecular weight is 333 g/mol. The zero-order chi connectivity index (χ0) is 19.2. The van der Waals surface area contributed by atoms with E-state index in [0.717, 1.165) is 5.52 Å². The molecule has 2 aromatic heterocycles. The Morgan fingerprint density at radius 3 is 2.04 bits per heavy atom. The standard InChI is InChI=1S/C14H16N2.4C2H6/c1-14(2)6-3-4-10-5-7-16-12-9-15-8-11(14)13(10)12;4*1-2/h5,7-9H,3-4,6H2,1-2H3;4*1-2H3. The summed E-state index contributed by atoms with van der Waals surface area (Å²) in [5.74, 6) is 0. The first kappa shape index (κ1) is 24.8. The maximum absolute atomic E-state index is 4.43. The van der Waals surface area contributed by atoms with Crippen molar-refractivity contribution in [1.29, 1.82) is 0 Å². The SMILES string of the molecule is CC.CC.CC.CC.CC1(C)CCCc2ccnc3cncc1c23. The van der Waals surface area contributed by atoms with Crippen molar-refractivity contribution in [2.45, 2.75) is 93.9 Å². The van der Waals surface area contributed by atoms with E-state index >= 15 is 0 Å². The van der Waals surface area contributed by atoms with Gasteiger partial charge in [0, 0.05) is 17.8 Å². The van der Waals surface area contributed by atoms with Gasteiger partial charge in [-0.1, -0.05) is 69.2 Å². The smallest absolute Gasteiger partial charge is 0.0890 e. The quantitative estimate of drug-likeness (QED) is 0.504. The van der Waals surface area contributed by atoms with Crippen molar-refractivity contribution in [3.05, 3.63) is 35.8 Å². The average Bonchev–Trinajstić information content (AvgIpc) is 2.80. The summed E-state index contributed by atoms with van der Waals surface area (Å²) >= 11 is 0. The lowest BCUT2D eigenvalue weighted by Crippen LogP contribution is -2.16. The Hall–Kier alpha value is -1.44. The minimum Gasteiger partial charge on any atom is -0.262 e. The molecule has 0 atom stereocenters. The summed E-state index contributed by atoms with van der Waals surface area (Å²) in [7, 11) is 0. The van der Waals surface area contributed by atoms with E-state index in [4.69, 9.17) is 0 Å². The summed E-state index contributed by atoms with van der Waals surface area (Å²) in [4.78, 5) is 8.76. The molecule has 0 N–H and O–H groups in total. The van der Waals surface area contributed by atoms with Gasteiger partial charge >= 0.3 is 0 Å². The molecule has 0 spiro atoms. The highest BCUT2D eigenvalue weighted by Gasteiger charge is 2.26. The van der Waals surface area contributed by atoms with E-state index in [0.29, 0.717) is 0 Å². The second kappa shape index (κ2) is 13.9. The van der Waals surface area contributed by atoms with Gasteiger partial charge in [-0.2, -0.15) is 0 Å². The summed E-state index contributed by atoms with van der Waals surface area (Å²) in [6.45, 7) is 20.6. The fraction of sp³-hybridized carbons (Fsp3) is 0.636. The molecule has 0 amide bonds. The number of pyridine rings is 2. The van der Waals surface area contributed by atoms with Crippen LogP contribution in [0.4, 0.5) is 0 Å². The molecule has 0 aromatic carbocycles. The van der Waals surface area contributed by atoms with E-state index in [9.17, 15) is 0 Å². The van der Waals surface area contributed by atoms with Gasteiger partial charge in [0.25, 0.3) is 0 Å². The van der Waals surface area contributed by atoms with Crippen LogP contribution in [0.1, 0.15) is 93.2 Å². The Morgan fingerprint density at radius 1 is 0.875 bits per heavy atom. The number of aryl methyl sites for hydroxylation is 1. The molecule has 138 valence electrons. The van der Waals surface area contributed by atoms with Crippen molar-refractivity contribution in [1.82, 2.24) is 9.97 Å². The molecule has 2 heterocycles. The molecule has 0 unspecified atom stereocenters. The van der Waals surface area contributed by atoms with Crippen LogP contribution in [0.5, 0.6) is 0 Å². The van der Waals surface area contributed by atoms with Gasteiger partial charge in [-0.25, -0.2) is 0 Å². The molecule has 24 heavy (non-hydrogen) atoms. The first-order chi connectivity index (χ1) is 11.7. The predicted molar refractivity (Wildman–Crippen MR) is 111 cm³/mol. The Balaban J connectivity index is 0. The molecule has 0 bridgehead atoms. The summed E-state index contributed by atoms with van der Waals surface area (Å²) < 4.78 is 0. The summed E-state index contributed by atoms with van der Waals surface area (Å²) in [5, 5.41) is 1.35. The van der Waals surface area contributed by atoms with Crippen LogP contribution < -0.4 is 0 Å². The highest BCUT2D eigenvalue weighted by atomic mass is 14.7. The molecule has 0 radical (unpaired) electrons. The molecule has 3 rings (SSSR count). The highest BCUT2D eigenvalue weighted by Crippen LogP contribution is 2.37. The van der Waals surface area contributed by atoms with Gasteiger partial charge < -0.3 is 0 Å². The van der Waals surface area contributed by atoms with E-state index < -0.39 is 0 Å². The van der Waals surface area contributed by atoms with E-state index in [1.807, 2.05) is 74.0 Å². The molecule has 1 aliphatic rings. The first-order valence-corrected chi connectivity index (χ1v) is 9.90. The van der Waals surface area contributed by atoms with Gasteiger partial charge in [0.2, 0.25) is 0 Å². The van der Waals surface area contributed by atoms with Gasteiger partial charge in [0.05, 0.1) is 11.7 Å². The van der Waals surface area contributed by atoms with Crippen LogP contribution in [-0.2, 0) is 11.8 Å². The third kappa shape index (κ3) is 6.22. The molecule has 1 aliphatic carbocycles. The fourth-order valence-electron chi connectivity index (χ4n) is 2.75. The van der Waals surface area contributed by atoms with Crippen LogP contribution in [0.2, 0.25) is 0 Å². The van der Waals surface area contributed by atoms with Gasteiger partial charge in [-0.3, -0.25) is 9.97 Å². The van der Waals surface area contributed by atoms with Crippen molar-refractivity contribution in [2.75, 3.05) is 0 Å². The normalized spacial score (nSPS) is 13.2. The molecule has 0 saturated heterocycles. The van der Waals surface area contributed by atoms with Crippen LogP contribution >= 0.6 is 0 Å². The Bertz CT molecular complexity index is 539. The molecule has 0 aliphatic heterocycles. The minimum atomic E-state index is 0.223. The monoisotopic (exact) mass is 332 g/mol. The lowest BCUT2D eigenvalue weighted by Gasteiger charge is -2.24. The number of nitrogens with zero attached hydrogens (tertiary/aromatic N) is 2. The van der Waals surface area contributed by atoms with Crippen LogP contribution in [0.25, 0.3) is 10.9 Å². The second-order valence-corrected chi connectivity index (χ2v) is 5.29. The number of hydrogen-bond donors (Lipinski definition) is 0. The fourth-order valence-corrected chi connectivity index (χ4v) is 2.75. The van der Waals surface area contributed by atoms with Crippen molar-refractivity contribution in [3.8, 4) is 0 Å². The van der Waals surface area contributed by atoms with Crippen molar-refractivity contribution >= 4 is 10.9 Å². The van der Waals surface area contributed by atoms with E-state index in [-0.39, 0.29) is 5.41 Å². The zero-order valence-corrected chi connectivity index (χ0v) is 17.8. The molecule has 2 aromatic rings. The van der Waals surface area contributed by atoms with Crippen LogP contribution in [0.3, 0.4) is 0 Å². The maximum Gasteiger partial charge on any atom is 0.0890 e. The van der Waals surface area contributed by atoms with Gasteiger partial charge in [0.15, 0.2) is 0 Å². The van der Waals surface area contributed by atoms with Crippen molar-refractivity contribution in [2.24, 2.45) is 0 Å².